The Kier molecular flexibility index (Phi) is 7.43. The third-order valence-corrected chi connectivity index (χ3v) is 3.15. The smallest absolute Gasteiger partial charge is 0.319 e. The molecule has 130 valence electrons. The zero-order chi connectivity index (χ0) is 17.4. The molecule has 23 heavy (non-hydrogen) atoms. The maximum atomic E-state index is 12.1. The molecule has 0 saturated carbocycles. The number of amides is 2. The topological polar surface area (TPSA) is 87.3 Å². The average Bonchev–Trinajstić information content (AvgIpc) is 2.54. The van der Waals surface area contributed by atoms with Crippen LogP contribution in [-0.4, -0.2) is 53.9 Å². The largest absolute Gasteiger partial charge is 0.493 e. The summed E-state index contributed by atoms with van der Waals surface area (Å²) in [6.45, 7) is 1.77. The zero-order valence-electron chi connectivity index (χ0n) is 14.3. The molecule has 1 rings (SSSR count). The molecule has 0 aliphatic rings. The number of ether oxygens (including phenoxy) is 5. The van der Waals surface area contributed by atoms with Gasteiger partial charge in [0.15, 0.2) is 17.8 Å². The highest BCUT2D eigenvalue weighted by Gasteiger charge is 2.19. The lowest BCUT2D eigenvalue weighted by Crippen LogP contribution is -2.44. The predicted octanol–water partition coefficient (Wildman–Crippen LogP) is 1.84. The van der Waals surface area contributed by atoms with Crippen LogP contribution in [0.3, 0.4) is 0 Å². The van der Waals surface area contributed by atoms with Crippen molar-refractivity contribution in [2.24, 2.45) is 0 Å². The fourth-order valence-corrected chi connectivity index (χ4v) is 2.10. The van der Waals surface area contributed by atoms with Crippen LogP contribution in [0.25, 0.3) is 0 Å². The summed E-state index contributed by atoms with van der Waals surface area (Å²) in [6, 6.07) is 2.52. The Balaban J connectivity index is 2.86. The lowest BCUT2D eigenvalue weighted by molar-refractivity contribution is -0.117. The van der Waals surface area contributed by atoms with Crippen LogP contribution in [0.1, 0.15) is 6.92 Å². The summed E-state index contributed by atoms with van der Waals surface area (Å²) in [7, 11) is 7.53. The summed E-state index contributed by atoms with van der Waals surface area (Å²) >= 11 is 0. The molecule has 2 N–H and O–H groups in total. The SMILES string of the molecule is COc1cc(NC(=O)NC(C)C(OC)OC)cc(OC)c1OC. The molecule has 0 bridgehead atoms. The number of rotatable bonds is 8. The Morgan fingerprint density at radius 1 is 0.957 bits per heavy atom. The third-order valence-electron chi connectivity index (χ3n) is 3.15. The van der Waals surface area contributed by atoms with Crippen molar-refractivity contribution in [2.45, 2.75) is 19.3 Å². The van der Waals surface area contributed by atoms with E-state index < -0.39 is 12.3 Å². The molecule has 1 aromatic rings. The fourth-order valence-electron chi connectivity index (χ4n) is 2.10. The molecule has 1 atom stereocenters. The number of carbonyl (C=O) groups is 1. The van der Waals surface area contributed by atoms with E-state index in [4.69, 9.17) is 23.7 Å². The van der Waals surface area contributed by atoms with Crippen LogP contribution >= 0.6 is 0 Å². The minimum atomic E-state index is -0.541. The van der Waals surface area contributed by atoms with Crippen molar-refractivity contribution in [3.05, 3.63) is 12.1 Å². The molecule has 0 heterocycles. The van der Waals surface area contributed by atoms with Crippen LogP contribution in [0.15, 0.2) is 12.1 Å². The minimum absolute atomic E-state index is 0.341. The van der Waals surface area contributed by atoms with Gasteiger partial charge in [-0.2, -0.15) is 0 Å². The number of hydrogen-bond acceptors (Lipinski definition) is 6. The molecule has 8 heteroatoms. The normalized spacial score (nSPS) is 11.8. The van der Waals surface area contributed by atoms with Gasteiger partial charge in [-0.25, -0.2) is 4.79 Å². The monoisotopic (exact) mass is 328 g/mol. The Morgan fingerprint density at radius 3 is 1.87 bits per heavy atom. The van der Waals surface area contributed by atoms with Gasteiger partial charge in [0.25, 0.3) is 0 Å². The molecule has 1 aromatic carbocycles. The summed E-state index contributed by atoms with van der Waals surface area (Å²) < 4.78 is 25.9. The number of methoxy groups -OCH3 is 5. The first-order valence-corrected chi connectivity index (χ1v) is 6.93. The van der Waals surface area contributed by atoms with E-state index in [2.05, 4.69) is 10.6 Å². The zero-order valence-corrected chi connectivity index (χ0v) is 14.3. The lowest BCUT2D eigenvalue weighted by Gasteiger charge is -2.22. The first kappa shape index (κ1) is 18.9. The molecule has 0 spiro atoms. The van der Waals surface area contributed by atoms with E-state index in [0.717, 1.165) is 0 Å². The van der Waals surface area contributed by atoms with E-state index >= 15 is 0 Å². The highest BCUT2D eigenvalue weighted by Crippen LogP contribution is 2.39. The van der Waals surface area contributed by atoms with Gasteiger partial charge in [-0.15, -0.1) is 0 Å². The van der Waals surface area contributed by atoms with Gasteiger partial charge >= 0.3 is 6.03 Å². The predicted molar refractivity (Wildman–Crippen MR) is 85.5 cm³/mol. The number of urea groups is 1. The van der Waals surface area contributed by atoms with Crippen molar-refractivity contribution < 1.29 is 28.5 Å². The van der Waals surface area contributed by atoms with Crippen LogP contribution in [0.5, 0.6) is 17.2 Å². The third kappa shape index (κ3) is 4.90. The summed E-state index contributed by atoms with van der Waals surface area (Å²) in [5.41, 5.74) is 0.496. The standard InChI is InChI=1S/C15H24N2O6/c1-9(14(22-5)23-6)16-15(18)17-10-7-11(19-2)13(21-4)12(8-10)20-3/h7-9,14H,1-6H3,(H2,16,17,18). The Bertz CT molecular complexity index is 494. The van der Waals surface area contributed by atoms with E-state index in [9.17, 15) is 4.79 Å². The van der Waals surface area contributed by atoms with Crippen molar-refractivity contribution >= 4 is 11.7 Å². The van der Waals surface area contributed by atoms with E-state index in [-0.39, 0.29) is 6.04 Å². The molecule has 0 aromatic heterocycles. The van der Waals surface area contributed by atoms with Crippen LogP contribution in [0.4, 0.5) is 10.5 Å². The van der Waals surface area contributed by atoms with Crippen LogP contribution in [0.2, 0.25) is 0 Å². The Hall–Kier alpha value is -2.19. The molecule has 0 aliphatic carbocycles. The average molecular weight is 328 g/mol. The highest BCUT2D eigenvalue weighted by atomic mass is 16.7. The van der Waals surface area contributed by atoms with Gasteiger partial charge in [0.1, 0.15) is 0 Å². The van der Waals surface area contributed by atoms with E-state index in [1.54, 1.807) is 19.1 Å². The maximum Gasteiger partial charge on any atom is 0.319 e. The highest BCUT2D eigenvalue weighted by molar-refractivity contribution is 5.90. The number of carbonyl (C=O) groups excluding carboxylic acids is 1. The van der Waals surface area contributed by atoms with Crippen molar-refractivity contribution in [1.82, 2.24) is 5.32 Å². The molecular weight excluding hydrogens is 304 g/mol. The van der Waals surface area contributed by atoms with Crippen molar-refractivity contribution in [2.75, 3.05) is 40.9 Å². The molecule has 8 nitrogen and oxygen atoms in total. The van der Waals surface area contributed by atoms with Gasteiger partial charge in [-0.3, -0.25) is 0 Å². The molecule has 1 unspecified atom stereocenters. The van der Waals surface area contributed by atoms with Crippen LogP contribution < -0.4 is 24.8 Å². The maximum absolute atomic E-state index is 12.1. The fraction of sp³-hybridized carbons (Fsp3) is 0.533. The second-order valence-electron chi connectivity index (χ2n) is 4.64. The molecular formula is C15H24N2O6. The number of benzene rings is 1. The Labute approximate surface area is 136 Å². The van der Waals surface area contributed by atoms with E-state index in [1.807, 2.05) is 0 Å². The molecule has 0 saturated heterocycles. The van der Waals surface area contributed by atoms with Gasteiger partial charge in [0.2, 0.25) is 5.75 Å². The summed E-state index contributed by atoms with van der Waals surface area (Å²) in [5, 5.41) is 5.42. The summed E-state index contributed by atoms with van der Waals surface area (Å²) in [5.74, 6) is 1.34. The van der Waals surface area contributed by atoms with Gasteiger partial charge in [0, 0.05) is 26.4 Å². The quantitative estimate of drug-likeness (QED) is 0.708. The van der Waals surface area contributed by atoms with Crippen molar-refractivity contribution in [3.8, 4) is 17.2 Å². The first-order valence-electron chi connectivity index (χ1n) is 6.93. The summed E-state index contributed by atoms with van der Waals surface area (Å²) in [6.07, 6.45) is -0.541. The molecule has 2 amide bonds. The van der Waals surface area contributed by atoms with Crippen LogP contribution in [0, 0.1) is 0 Å². The second-order valence-corrected chi connectivity index (χ2v) is 4.64. The molecule has 0 fully saturated rings. The van der Waals surface area contributed by atoms with E-state index in [0.29, 0.717) is 22.9 Å². The van der Waals surface area contributed by atoms with Gasteiger partial charge in [-0.1, -0.05) is 0 Å². The first-order chi connectivity index (χ1) is 11.0. The van der Waals surface area contributed by atoms with E-state index in [1.165, 1.54) is 35.5 Å². The Morgan fingerprint density at radius 2 is 1.48 bits per heavy atom. The van der Waals surface area contributed by atoms with Gasteiger partial charge in [0.05, 0.1) is 33.1 Å². The number of anilines is 1. The molecule has 0 radical (unpaired) electrons. The van der Waals surface area contributed by atoms with Crippen LogP contribution in [-0.2, 0) is 9.47 Å². The molecule has 0 aliphatic heterocycles. The lowest BCUT2D eigenvalue weighted by atomic mass is 10.2. The second kappa shape index (κ2) is 9.06. The minimum Gasteiger partial charge on any atom is -0.493 e. The van der Waals surface area contributed by atoms with Gasteiger partial charge in [-0.05, 0) is 6.92 Å². The number of hydrogen-bond donors (Lipinski definition) is 2. The van der Waals surface area contributed by atoms with Gasteiger partial charge < -0.3 is 34.3 Å². The van der Waals surface area contributed by atoms with Crippen molar-refractivity contribution in [3.63, 3.8) is 0 Å². The van der Waals surface area contributed by atoms with Crippen molar-refractivity contribution in [1.29, 1.82) is 0 Å². The number of nitrogens with one attached hydrogen (secondary N) is 2. The summed E-state index contributed by atoms with van der Waals surface area (Å²) in [4.78, 5) is 12.1.